The smallest absolute Gasteiger partial charge is 0.303 e. The molecule has 0 unspecified atom stereocenters. The standard InChI is InChI=1S/C20H21NO3/c22-19(13-15-7-9-16-4-2-5-17(16)11-15)21-18-6-1-3-14(12-18)8-10-20(23)24/h1,3,6-7,9,11-12H,2,4-5,8,10,13H2,(H,21,22)(H,23,24). The third-order valence-corrected chi connectivity index (χ3v) is 4.37. The minimum absolute atomic E-state index is 0.0525. The summed E-state index contributed by atoms with van der Waals surface area (Å²) in [6.07, 6.45) is 4.36. The van der Waals surface area contributed by atoms with Gasteiger partial charge in [-0.15, -0.1) is 0 Å². The molecule has 1 aliphatic rings. The van der Waals surface area contributed by atoms with Crippen molar-refractivity contribution >= 4 is 17.6 Å². The molecular weight excluding hydrogens is 302 g/mol. The molecule has 2 N–H and O–H groups in total. The van der Waals surface area contributed by atoms with E-state index in [0.29, 0.717) is 18.5 Å². The topological polar surface area (TPSA) is 66.4 Å². The second-order valence-electron chi connectivity index (χ2n) is 6.28. The van der Waals surface area contributed by atoms with E-state index in [-0.39, 0.29) is 12.3 Å². The van der Waals surface area contributed by atoms with Gasteiger partial charge in [0.1, 0.15) is 0 Å². The summed E-state index contributed by atoms with van der Waals surface area (Å²) in [5, 5.41) is 11.7. The van der Waals surface area contributed by atoms with Crippen LogP contribution < -0.4 is 5.32 Å². The van der Waals surface area contributed by atoms with E-state index in [9.17, 15) is 9.59 Å². The van der Waals surface area contributed by atoms with Gasteiger partial charge in [0, 0.05) is 12.1 Å². The number of hydrogen-bond donors (Lipinski definition) is 2. The SMILES string of the molecule is O=C(O)CCc1cccc(NC(=O)Cc2ccc3c(c2)CCC3)c1. The summed E-state index contributed by atoms with van der Waals surface area (Å²) in [7, 11) is 0. The third-order valence-electron chi connectivity index (χ3n) is 4.37. The highest BCUT2D eigenvalue weighted by Gasteiger charge is 2.12. The van der Waals surface area contributed by atoms with Gasteiger partial charge >= 0.3 is 5.97 Å². The Kier molecular flexibility index (Phi) is 4.94. The molecule has 0 bridgehead atoms. The predicted octanol–water partition coefficient (Wildman–Crippen LogP) is 3.37. The lowest BCUT2D eigenvalue weighted by Gasteiger charge is -2.08. The fourth-order valence-corrected chi connectivity index (χ4v) is 3.18. The number of carboxylic acids is 1. The van der Waals surface area contributed by atoms with Gasteiger partial charge in [0.25, 0.3) is 0 Å². The van der Waals surface area contributed by atoms with Crippen LogP contribution in [0, 0.1) is 0 Å². The highest BCUT2D eigenvalue weighted by molar-refractivity contribution is 5.92. The van der Waals surface area contributed by atoms with Gasteiger partial charge in [-0.25, -0.2) is 0 Å². The van der Waals surface area contributed by atoms with E-state index in [4.69, 9.17) is 5.11 Å². The number of fused-ring (bicyclic) bond motifs is 1. The normalized spacial score (nSPS) is 12.7. The van der Waals surface area contributed by atoms with Gasteiger partial charge in [-0.1, -0.05) is 30.3 Å². The zero-order chi connectivity index (χ0) is 16.9. The molecule has 124 valence electrons. The molecule has 0 heterocycles. The van der Waals surface area contributed by atoms with Crippen LogP contribution in [0.1, 0.15) is 35.1 Å². The van der Waals surface area contributed by atoms with Crippen molar-refractivity contribution in [2.24, 2.45) is 0 Å². The van der Waals surface area contributed by atoms with Gasteiger partial charge in [-0.05, 0) is 60.1 Å². The van der Waals surface area contributed by atoms with Crippen molar-refractivity contribution in [2.75, 3.05) is 5.32 Å². The molecule has 4 heteroatoms. The van der Waals surface area contributed by atoms with Gasteiger partial charge in [-0.3, -0.25) is 9.59 Å². The summed E-state index contributed by atoms with van der Waals surface area (Å²) < 4.78 is 0. The highest BCUT2D eigenvalue weighted by Crippen LogP contribution is 2.23. The molecule has 0 fully saturated rings. The average Bonchev–Trinajstić information content (AvgIpc) is 3.01. The monoisotopic (exact) mass is 323 g/mol. The van der Waals surface area contributed by atoms with Crippen molar-refractivity contribution in [2.45, 2.75) is 38.5 Å². The fraction of sp³-hybridized carbons (Fsp3) is 0.300. The number of anilines is 1. The molecule has 0 spiro atoms. The van der Waals surface area contributed by atoms with E-state index < -0.39 is 5.97 Å². The second kappa shape index (κ2) is 7.30. The quantitative estimate of drug-likeness (QED) is 0.856. The molecule has 0 saturated heterocycles. The van der Waals surface area contributed by atoms with Gasteiger partial charge in [0.05, 0.1) is 6.42 Å². The summed E-state index contributed by atoms with van der Waals surface area (Å²) in [6.45, 7) is 0. The molecule has 0 radical (unpaired) electrons. The summed E-state index contributed by atoms with van der Waals surface area (Å²) in [5.41, 5.74) is 5.44. The van der Waals surface area contributed by atoms with Crippen molar-refractivity contribution in [3.8, 4) is 0 Å². The Balaban J connectivity index is 1.60. The highest BCUT2D eigenvalue weighted by atomic mass is 16.4. The summed E-state index contributed by atoms with van der Waals surface area (Å²) >= 11 is 0. The Hall–Kier alpha value is -2.62. The number of benzene rings is 2. The van der Waals surface area contributed by atoms with Crippen molar-refractivity contribution in [1.82, 2.24) is 0 Å². The van der Waals surface area contributed by atoms with Gasteiger partial charge in [0.15, 0.2) is 0 Å². The van der Waals surface area contributed by atoms with Crippen LogP contribution in [0.25, 0.3) is 0 Å². The van der Waals surface area contributed by atoms with E-state index in [1.165, 1.54) is 17.5 Å². The molecule has 0 atom stereocenters. The zero-order valence-corrected chi connectivity index (χ0v) is 13.5. The maximum Gasteiger partial charge on any atom is 0.303 e. The lowest BCUT2D eigenvalue weighted by atomic mass is 10.0. The molecule has 0 saturated carbocycles. The predicted molar refractivity (Wildman–Crippen MR) is 93.2 cm³/mol. The summed E-state index contributed by atoms with van der Waals surface area (Å²) in [6, 6.07) is 13.7. The molecule has 24 heavy (non-hydrogen) atoms. The molecule has 0 aromatic heterocycles. The Bertz CT molecular complexity index is 767. The van der Waals surface area contributed by atoms with E-state index in [2.05, 4.69) is 17.4 Å². The second-order valence-corrected chi connectivity index (χ2v) is 6.28. The van der Waals surface area contributed by atoms with Gasteiger partial charge in [0.2, 0.25) is 5.91 Å². The van der Waals surface area contributed by atoms with E-state index >= 15 is 0 Å². The summed E-state index contributed by atoms with van der Waals surface area (Å²) in [4.78, 5) is 22.9. The van der Waals surface area contributed by atoms with Crippen LogP contribution in [0.4, 0.5) is 5.69 Å². The zero-order valence-electron chi connectivity index (χ0n) is 13.5. The number of carboxylic acid groups (broad SMARTS) is 1. The van der Waals surface area contributed by atoms with Crippen LogP contribution >= 0.6 is 0 Å². The lowest BCUT2D eigenvalue weighted by molar-refractivity contribution is -0.137. The first-order chi connectivity index (χ1) is 11.6. The van der Waals surface area contributed by atoms with Crippen molar-refractivity contribution < 1.29 is 14.7 Å². The first-order valence-electron chi connectivity index (χ1n) is 8.31. The number of carbonyl (C=O) groups excluding carboxylic acids is 1. The molecular formula is C20H21NO3. The van der Waals surface area contributed by atoms with Crippen molar-refractivity contribution in [1.29, 1.82) is 0 Å². The number of rotatable bonds is 6. The first-order valence-corrected chi connectivity index (χ1v) is 8.31. The maximum atomic E-state index is 12.3. The third kappa shape index (κ3) is 4.22. The average molecular weight is 323 g/mol. The number of amides is 1. The van der Waals surface area contributed by atoms with E-state index in [1.54, 1.807) is 0 Å². The number of aryl methyl sites for hydroxylation is 3. The van der Waals surface area contributed by atoms with Crippen LogP contribution in [-0.4, -0.2) is 17.0 Å². The van der Waals surface area contributed by atoms with Crippen LogP contribution in [0.15, 0.2) is 42.5 Å². The van der Waals surface area contributed by atoms with Gasteiger partial charge in [-0.2, -0.15) is 0 Å². The molecule has 1 amide bonds. The van der Waals surface area contributed by atoms with Crippen LogP contribution in [0.5, 0.6) is 0 Å². The maximum absolute atomic E-state index is 12.3. The van der Waals surface area contributed by atoms with Crippen molar-refractivity contribution in [3.63, 3.8) is 0 Å². The number of carbonyl (C=O) groups is 2. The fourth-order valence-electron chi connectivity index (χ4n) is 3.18. The molecule has 3 rings (SSSR count). The lowest BCUT2D eigenvalue weighted by Crippen LogP contribution is -2.14. The van der Waals surface area contributed by atoms with Crippen LogP contribution in [0.3, 0.4) is 0 Å². The van der Waals surface area contributed by atoms with Gasteiger partial charge < -0.3 is 10.4 Å². The largest absolute Gasteiger partial charge is 0.481 e. The van der Waals surface area contributed by atoms with E-state index in [0.717, 1.165) is 24.0 Å². The number of aliphatic carboxylic acids is 1. The minimum Gasteiger partial charge on any atom is -0.481 e. The molecule has 1 aliphatic carbocycles. The molecule has 4 nitrogen and oxygen atoms in total. The summed E-state index contributed by atoms with van der Waals surface area (Å²) in [5.74, 6) is -0.871. The van der Waals surface area contributed by atoms with Crippen LogP contribution in [-0.2, 0) is 35.3 Å². The number of nitrogens with one attached hydrogen (secondary N) is 1. The first kappa shape index (κ1) is 16.2. The van der Waals surface area contributed by atoms with Crippen molar-refractivity contribution in [3.05, 3.63) is 64.7 Å². The Labute approximate surface area is 141 Å². The molecule has 2 aromatic rings. The Morgan fingerprint density at radius 2 is 1.83 bits per heavy atom. The molecule has 2 aromatic carbocycles. The Morgan fingerprint density at radius 3 is 2.67 bits per heavy atom. The van der Waals surface area contributed by atoms with E-state index in [1.807, 2.05) is 30.3 Å². The molecule has 0 aliphatic heterocycles. The number of hydrogen-bond acceptors (Lipinski definition) is 2. The minimum atomic E-state index is -0.818. The Morgan fingerprint density at radius 1 is 1.00 bits per heavy atom. The van der Waals surface area contributed by atoms with Crippen LogP contribution in [0.2, 0.25) is 0 Å².